The van der Waals surface area contributed by atoms with Crippen molar-refractivity contribution in [2.24, 2.45) is 0 Å². The quantitative estimate of drug-likeness (QED) is 0.727. The number of hydrogen-bond donors (Lipinski definition) is 0. The van der Waals surface area contributed by atoms with Crippen LogP contribution in [0.5, 0.6) is 0 Å². The average Bonchev–Trinajstić information content (AvgIpc) is 2.91. The third kappa shape index (κ3) is 2.05. The molecule has 0 N–H and O–H groups in total. The predicted molar refractivity (Wildman–Crippen MR) is 68.5 cm³/mol. The van der Waals surface area contributed by atoms with E-state index in [9.17, 15) is 4.39 Å². The van der Waals surface area contributed by atoms with E-state index in [2.05, 4.69) is 9.97 Å². The van der Waals surface area contributed by atoms with Crippen LogP contribution in [0, 0.1) is 5.82 Å². The number of fused-ring (bicyclic) bond motifs is 1. The lowest BCUT2D eigenvalue weighted by molar-refractivity contribution is 0.608. The minimum atomic E-state index is -0.262. The van der Waals surface area contributed by atoms with Crippen molar-refractivity contribution in [1.29, 1.82) is 0 Å². The molecule has 17 heavy (non-hydrogen) atoms. The Hall–Kier alpha value is -1.40. The van der Waals surface area contributed by atoms with Crippen molar-refractivity contribution in [1.82, 2.24) is 13.9 Å². The fourth-order valence-corrected chi connectivity index (χ4v) is 3.16. The van der Waals surface area contributed by atoms with Crippen molar-refractivity contribution in [3.8, 4) is 0 Å². The second-order valence-corrected chi connectivity index (χ2v) is 5.10. The van der Waals surface area contributed by atoms with Gasteiger partial charge in [-0.3, -0.25) is 8.96 Å². The SMILES string of the molecule is Fc1cccnc1CSn1cnc2cscc21. The summed E-state index contributed by atoms with van der Waals surface area (Å²) in [6.07, 6.45) is 3.36. The average molecular weight is 265 g/mol. The van der Waals surface area contributed by atoms with Crippen LogP contribution in [-0.4, -0.2) is 13.9 Å². The minimum Gasteiger partial charge on any atom is -0.271 e. The van der Waals surface area contributed by atoms with E-state index in [-0.39, 0.29) is 5.82 Å². The van der Waals surface area contributed by atoms with E-state index in [1.807, 2.05) is 14.7 Å². The fourth-order valence-electron chi connectivity index (χ4n) is 1.48. The van der Waals surface area contributed by atoms with Gasteiger partial charge in [0.2, 0.25) is 0 Å². The molecule has 3 nitrogen and oxygen atoms in total. The molecular formula is C11H8FN3S2. The maximum absolute atomic E-state index is 13.4. The molecule has 0 fully saturated rings. The first-order valence-electron chi connectivity index (χ1n) is 4.96. The molecule has 3 heterocycles. The first kappa shape index (κ1) is 10.7. The minimum absolute atomic E-state index is 0.262. The van der Waals surface area contributed by atoms with E-state index in [0.29, 0.717) is 11.4 Å². The van der Waals surface area contributed by atoms with Gasteiger partial charge in [0.25, 0.3) is 0 Å². The van der Waals surface area contributed by atoms with E-state index in [1.54, 1.807) is 29.9 Å². The van der Waals surface area contributed by atoms with Crippen molar-refractivity contribution in [2.75, 3.05) is 0 Å². The number of hydrogen-bond acceptors (Lipinski definition) is 4. The summed E-state index contributed by atoms with van der Waals surface area (Å²) in [5, 5.41) is 4.03. The van der Waals surface area contributed by atoms with Crippen molar-refractivity contribution in [3.05, 3.63) is 46.9 Å². The molecular weight excluding hydrogens is 257 g/mol. The summed E-state index contributed by atoms with van der Waals surface area (Å²) >= 11 is 3.10. The van der Waals surface area contributed by atoms with Crippen molar-refractivity contribution >= 4 is 34.3 Å². The molecule has 3 aromatic rings. The lowest BCUT2D eigenvalue weighted by Crippen LogP contribution is -1.93. The van der Waals surface area contributed by atoms with E-state index in [4.69, 9.17) is 0 Å². The number of nitrogens with zero attached hydrogens (tertiary/aromatic N) is 3. The lowest BCUT2D eigenvalue weighted by atomic mass is 10.4. The largest absolute Gasteiger partial charge is 0.271 e. The third-order valence-electron chi connectivity index (χ3n) is 2.34. The second kappa shape index (κ2) is 4.46. The fraction of sp³-hybridized carbons (Fsp3) is 0.0909. The van der Waals surface area contributed by atoms with Gasteiger partial charge in [0.1, 0.15) is 17.7 Å². The summed E-state index contributed by atoms with van der Waals surface area (Å²) in [6.45, 7) is 0. The van der Waals surface area contributed by atoms with Crippen molar-refractivity contribution < 1.29 is 4.39 Å². The predicted octanol–water partition coefficient (Wildman–Crippen LogP) is 3.33. The Bertz CT molecular complexity index is 647. The Balaban J connectivity index is 1.81. The highest BCUT2D eigenvalue weighted by Crippen LogP contribution is 2.24. The highest BCUT2D eigenvalue weighted by Gasteiger charge is 2.06. The summed E-state index contributed by atoms with van der Waals surface area (Å²) in [7, 11) is 0. The van der Waals surface area contributed by atoms with Gasteiger partial charge in [-0.05, 0) is 24.1 Å². The molecule has 0 aliphatic heterocycles. The number of rotatable bonds is 3. The summed E-state index contributed by atoms with van der Waals surface area (Å²) < 4.78 is 15.3. The number of pyridine rings is 1. The molecule has 0 spiro atoms. The maximum Gasteiger partial charge on any atom is 0.145 e. The van der Waals surface area contributed by atoms with Gasteiger partial charge in [0.15, 0.2) is 0 Å². The Kier molecular flexibility index (Phi) is 2.82. The Morgan fingerprint density at radius 3 is 3.18 bits per heavy atom. The highest BCUT2D eigenvalue weighted by atomic mass is 32.2. The first-order valence-corrected chi connectivity index (χ1v) is 6.85. The molecule has 0 saturated heterocycles. The van der Waals surface area contributed by atoms with Gasteiger partial charge in [-0.2, -0.15) is 0 Å². The van der Waals surface area contributed by atoms with Crippen LogP contribution in [0.3, 0.4) is 0 Å². The van der Waals surface area contributed by atoms with Crippen molar-refractivity contribution in [2.45, 2.75) is 5.75 Å². The zero-order valence-electron chi connectivity index (χ0n) is 8.71. The van der Waals surface area contributed by atoms with Crippen LogP contribution in [0.15, 0.2) is 35.4 Å². The molecule has 6 heteroatoms. The molecule has 0 amide bonds. The molecule has 86 valence electrons. The van der Waals surface area contributed by atoms with Gasteiger partial charge in [-0.25, -0.2) is 9.37 Å². The summed E-state index contributed by atoms with van der Waals surface area (Å²) in [6, 6.07) is 3.02. The number of halogens is 1. The molecule has 0 bridgehead atoms. The molecule has 0 aromatic carbocycles. The summed E-state index contributed by atoms with van der Waals surface area (Å²) in [5.74, 6) is 0.232. The molecule has 0 aliphatic rings. The Morgan fingerprint density at radius 2 is 2.29 bits per heavy atom. The topological polar surface area (TPSA) is 30.7 Å². The second-order valence-electron chi connectivity index (χ2n) is 3.42. The Labute approximate surface area is 105 Å². The zero-order chi connectivity index (χ0) is 11.7. The zero-order valence-corrected chi connectivity index (χ0v) is 10.3. The molecule has 0 saturated carbocycles. The van der Waals surface area contributed by atoms with Crippen LogP contribution in [0.1, 0.15) is 5.69 Å². The van der Waals surface area contributed by atoms with Gasteiger partial charge < -0.3 is 0 Å². The molecule has 0 radical (unpaired) electrons. The van der Waals surface area contributed by atoms with Gasteiger partial charge >= 0.3 is 0 Å². The smallest absolute Gasteiger partial charge is 0.145 e. The normalized spacial score (nSPS) is 11.1. The van der Waals surface area contributed by atoms with Gasteiger partial charge in [-0.15, -0.1) is 11.3 Å². The summed E-state index contributed by atoms with van der Waals surface area (Å²) in [5.41, 5.74) is 2.51. The molecule has 3 aromatic heterocycles. The van der Waals surface area contributed by atoms with Crippen LogP contribution in [0.25, 0.3) is 11.0 Å². The van der Waals surface area contributed by atoms with E-state index < -0.39 is 0 Å². The highest BCUT2D eigenvalue weighted by molar-refractivity contribution is 7.97. The van der Waals surface area contributed by atoms with E-state index in [1.165, 1.54) is 18.0 Å². The molecule has 3 rings (SSSR count). The number of aromatic nitrogens is 3. The van der Waals surface area contributed by atoms with Crippen LogP contribution < -0.4 is 0 Å². The van der Waals surface area contributed by atoms with Gasteiger partial charge in [0, 0.05) is 17.0 Å². The van der Waals surface area contributed by atoms with Crippen LogP contribution in [0.4, 0.5) is 4.39 Å². The standard InChI is InChI=1S/C11H8FN3S2/c12-8-2-1-3-13-9(8)5-17-15-7-14-10-4-16-6-11(10)15/h1-4,6-7H,5H2. The molecule has 0 unspecified atom stereocenters. The number of thiophene rings is 1. The van der Waals surface area contributed by atoms with Gasteiger partial charge in [-0.1, -0.05) is 0 Å². The lowest BCUT2D eigenvalue weighted by Gasteiger charge is -2.02. The monoisotopic (exact) mass is 265 g/mol. The van der Waals surface area contributed by atoms with Gasteiger partial charge in [0.05, 0.1) is 17.0 Å². The first-order chi connectivity index (χ1) is 8.34. The van der Waals surface area contributed by atoms with Crippen molar-refractivity contribution in [3.63, 3.8) is 0 Å². The third-order valence-corrected chi connectivity index (χ3v) is 4.03. The molecule has 0 atom stereocenters. The molecule has 0 aliphatic carbocycles. The maximum atomic E-state index is 13.4. The van der Waals surface area contributed by atoms with E-state index >= 15 is 0 Å². The Morgan fingerprint density at radius 1 is 1.35 bits per heavy atom. The number of imidazole rings is 1. The summed E-state index contributed by atoms with van der Waals surface area (Å²) in [4.78, 5) is 8.27. The van der Waals surface area contributed by atoms with Crippen LogP contribution in [-0.2, 0) is 5.75 Å². The van der Waals surface area contributed by atoms with E-state index in [0.717, 1.165) is 11.0 Å². The van der Waals surface area contributed by atoms with Crippen LogP contribution in [0.2, 0.25) is 0 Å². The van der Waals surface area contributed by atoms with Crippen LogP contribution >= 0.6 is 23.3 Å².